The Balaban J connectivity index is 4.43. The number of rotatable bonds is 6. The predicted molar refractivity (Wildman–Crippen MR) is 67.4 cm³/mol. The van der Waals surface area contributed by atoms with Crippen molar-refractivity contribution in [3.8, 4) is 0 Å². The van der Waals surface area contributed by atoms with Crippen molar-refractivity contribution in [1.29, 1.82) is 0 Å². The molecule has 0 saturated carbocycles. The highest BCUT2D eigenvalue weighted by Crippen LogP contribution is 2.09. The van der Waals surface area contributed by atoms with Crippen LogP contribution in [0.2, 0.25) is 0 Å². The summed E-state index contributed by atoms with van der Waals surface area (Å²) < 4.78 is 14.3. The van der Waals surface area contributed by atoms with Crippen LogP contribution in [0.3, 0.4) is 0 Å². The molecule has 0 bridgehead atoms. The maximum atomic E-state index is 11.6. The Morgan fingerprint density at radius 1 is 1.21 bits per heavy atom. The normalized spacial score (nSPS) is 14.4. The maximum Gasteiger partial charge on any atom is 0.408 e. The summed E-state index contributed by atoms with van der Waals surface area (Å²) in [7, 11) is 2.57. The van der Waals surface area contributed by atoms with E-state index in [9.17, 15) is 14.7 Å². The molecule has 2 N–H and O–H groups in total. The summed E-state index contributed by atoms with van der Waals surface area (Å²) in [6.45, 7) is 5.15. The molecule has 0 aliphatic carbocycles. The van der Waals surface area contributed by atoms with Crippen LogP contribution >= 0.6 is 0 Å². The van der Waals surface area contributed by atoms with Gasteiger partial charge in [0.05, 0.1) is 7.11 Å². The number of amides is 1. The highest BCUT2D eigenvalue weighted by molar-refractivity contribution is 5.81. The lowest BCUT2D eigenvalue weighted by atomic mass is 10.1. The molecule has 0 aromatic heterocycles. The van der Waals surface area contributed by atoms with Gasteiger partial charge in [0.25, 0.3) is 0 Å². The molecule has 0 spiro atoms. The number of hydrogen-bond acceptors (Lipinski definition) is 6. The molecule has 0 aromatic carbocycles. The summed E-state index contributed by atoms with van der Waals surface area (Å²) in [5.41, 5.74) is -0.656. The molecule has 0 heterocycles. The van der Waals surface area contributed by atoms with Crippen molar-refractivity contribution < 1.29 is 28.9 Å². The number of esters is 1. The van der Waals surface area contributed by atoms with Gasteiger partial charge in [-0.25, -0.2) is 9.59 Å². The standard InChI is InChI=1S/C12H23NO6/c1-12(2,3)19-11(16)13-8(10(15)18-5)6-7-9(14)17-4/h8-9,14H,6-7H2,1-5H3,(H,13,16)/t8-,9?/m1/s1. The maximum absolute atomic E-state index is 11.6. The van der Waals surface area contributed by atoms with Gasteiger partial charge in [-0.2, -0.15) is 0 Å². The van der Waals surface area contributed by atoms with Gasteiger partial charge < -0.3 is 24.6 Å². The minimum Gasteiger partial charge on any atom is -0.467 e. The van der Waals surface area contributed by atoms with Crippen LogP contribution in [-0.2, 0) is 19.0 Å². The average Bonchev–Trinajstić information content (AvgIpc) is 2.30. The van der Waals surface area contributed by atoms with Gasteiger partial charge >= 0.3 is 12.1 Å². The second-order valence-corrected chi connectivity index (χ2v) is 4.99. The van der Waals surface area contributed by atoms with Gasteiger partial charge in [0.15, 0.2) is 6.29 Å². The Kier molecular flexibility index (Phi) is 7.40. The van der Waals surface area contributed by atoms with Crippen molar-refractivity contribution in [3.63, 3.8) is 0 Å². The Morgan fingerprint density at radius 2 is 1.79 bits per heavy atom. The first kappa shape index (κ1) is 17.7. The molecule has 1 amide bonds. The number of nitrogens with one attached hydrogen (secondary N) is 1. The molecular formula is C12H23NO6. The van der Waals surface area contributed by atoms with E-state index >= 15 is 0 Å². The summed E-state index contributed by atoms with van der Waals surface area (Å²) >= 11 is 0. The summed E-state index contributed by atoms with van der Waals surface area (Å²) in [5.74, 6) is -0.603. The molecule has 112 valence electrons. The van der Waals surface area contributed by atoms with E-state index in [1.807, 2.05) is 0 Å². The van der Waals surface area contributed by atoms with Crippen LogP contribution in [0.5, 0.6) is 0 Å². The van der Waals surface area contributed by atoms with E-state index in [2.05, 4.69) is 14.8 Å². The van der Waals surface area contributed by atoms with Crippen molar-refractivity contribution in [2.75, 3.05) is 14.2 Å². The Hall–Kier alpha value is -1.34. The molecule has 0 rings (SSSR count). The lowest BCUT2D eigenvalue weighted by Crippen LogP contribution is -2.44. The van der Waals surface area contributed by atoms with Crippen LogP contribution in [0.25, 0.3) is 0 Å². The monoisotopic (exact) mass is 277 g/mol. The number of methoxy groups -OCH3 is 2. The molecule has 0 aliphatic rings. The predicted octanol–water partition coefficient (Wildman–Crippen LogP) is 0.798. The molecule has 0 aromatic rings. The molecule has 1 unspecified atom stereocenters. The van der Waals surface area contributed by atoms with Crippen LogP contribution in [0.4, 0.5) is 4.79 Å². The Labute approximate surface area is 113 Å². The number of aliphatic hydroxyl groups is 1. The first-order valence-electron chi connectivity index (χ1n) is 5.97. The highest BCUT2D eigenvalue weighted by atomic mass is 16.6. The molecule has 0 saturated heterocycles. The highest BCUT2D eigenvalue weighted by Gasteiger charge is 2.25. The van der Waals surface area contributed by atoms with Crippen molar-refractivity contribution in [3.05, 3.63) is 0 Å². The summed E-state index contributed by atoms with van der Waals surface area (Å²) in [6, 6.07) is -0.885. The fourth-order valence-corrected chi connectivity index (χ4v) is 1.27. The molecule has 7 nitrogen and oxygen atoms in total. The van der Waals surface area contributed by atoms with Gasteiger partial charge in [0.1, 0.15) is 11.6 Å². The summed E-state index contributed by atoms with van der Waals surface area (Å²) in [6.07, 6.45) is -1.34. The zero-order valence-corrected chi connectivity index (χ0v) is 12.1. The fourth-order valence-electron chi connectivity index (χ4n) is 1.27. The third-order valence-corrected chi connectivity index (χ3v) is 2.15. The van der Waals surface area contributed by atoms with Gasteiger partial charge in [-0.15, -0.1) is 0 Å². The van der Waals surface area contributed by atoms with E-state index in [1.54, 1.807) is 20.8 Å². The number of carbonyl (C=O) groups excluding carboxylic acids is 2. The topological polar surface area (TPSA) is 94.1 Å². The van der Waals surface area contributed by atoms with Gasteiger partial charge in [0.2, 0.25) is 0 Å². The molecule has 7 heteroatoms. The van der Waals surface area contributed by atoms with E-state index in [-0.39, 0.29) is 12.8 Å². The number of aliphatic hydroxyl groups excluding tert-OH is 1. The van der Waals surface area contributed by atoms with E-state index in [0.717, 1.165) is 0 Å². The number of carbonyl (C=O) groups is 2. The van der Waals surface area contributed by atoms with Crippen LogP contribution in [0, 0.1) is 0 Å². The van der Waals surface area contributed by atoms with E-state index < -0.39 is 30.0 Å². The van der Waals surface area contributed by atoms with Crippen molar-refractivity contribution >= 4 is 12.1 Å². The van der Waals surface area contributed by atoms with Gasteiger partial charge in [-0.05, 0) is 27.2 Å². The zero-order chi connectivity index (χ0) is 15.1. The van der Waals surface area contributed by atoms with Gasteiger partial charge in [-0.1, -0.05) is 0 Å². The van der Waals surface area contributed by atoms with E-state index in [4.69, 9.17) is 4.74 Å². The zero-order valence-electron chi connectivity index (χ0n) is 12.1. The van der Waals surface area contributed by atoms with Crippen molar-refractivity contribution in [2.24, 2.45) is 0 Å². The minimum absolute atomic E-state index is 0.181. The molecule has 0 fully saturated rings. The fraction of sp³-hybridized carbons (Fsp3) is 0.833. The molecule has 0 radical (unpaired) electrons. The van der Waals surface area contributed by atoms with Crippen molar-refractivity contribution in [2.45, 2.75) is 51.5 Å². The number of alkyl carbamates (subject to hydrolysis) is 1. The largest absolute Gasteiger partial charge is 0.467 e. The molecule has 19 heavy (non-hydrogen) atoms. The molecular weight excluding hydrogens is 254 g/mol. The van der Waals surface area contributed by atoms with Crippen LogP contribution in [0.1, 0.15) is 33.6 Å². The van der Waals surface area contributed by atoms with Gasteiger partial charge in [-0.3, -0.25) is 0 Å². The van der Waals surface area contributed by atoms with Crippen LogP contribution in [0.15, 0.2) is 0 Å². The van der Waals surface area contributed by atoms with E-state index in [0.29, 0.717) is 0 Å². The van der Waals surface area contributed by atoms with Crippen molar-refractivity contribution in [1.82, 2.24) is 5.32 Å². The molecule has 0 aliphatic heterocycles. The van der Waals surface area contributed by atoms with Crippen LogP contribution < -0.4 is 5.32 Å². The second-order valence-electron chi connectivity index (χ2n) is 4.99. The van der Waals surface area contributed by atoms with E-state index in [1.165, 1.54) is 14.2 Å². The average molecular weight is 277 g/mol. The second kappa shape index (κ2) is 7.96. The smallest absolute Gasteiger partial charge is 0.408 e. The minimum atomic E-state index is -0.993. The third-order valence-electron chi connectivity index (χ3n) is 2.15. The Bertz CT molecular complexity index is 299. The Morgan fingerprint density at radius 3 is 2.21 bits per heavy atom. The summed E-state index contributed by atoms with van der Waals surface area (Å²) in [5, 5.41) is 11.7. The van der Waals surface area contributed by atoms with Crippen LogP contribution in [-0.4, -0.2) is 49.3 Å². The van der Waals surface area contributed by atoms with Gasteiger partial charge in [0, 0.05) is 13.5 Å². The first-order valence-corrected chi connectivity index (χ1v) is 5.97. The quantitative estimate of drug-likeness (QED) is 0.551. The first-order chi connectivity index (χ1) is 8.69. The SMILES string of the molecule is COC(=O)[C@@H](CCC(O)OC)NC(=O)OC(C)(C)C. The third kappa shape index (κ3) is 8.39. The number of hydrogen-bond donors (Lipinski definition) is 2. The summed E-state index contributed by atoms with van der Waals surface area (Å²) in [4.78, 5) is 23.1. The lowest BCUT2D eigenvalue weighted by molar-refractivity contribution is -0.144. The molecule has 2 atom stereocenters. The number of ether oxygens (including phenoxy) is 3. The lowest BCUT2D eigenvalue weighted by Gasteiger charge is -2.23.